The Balaban J connectivity index is 2.57. The van der Waals surface area contributed by atoms with Crippen LogP contribution in [0.2, 0.25) is 0 Å². The Hall–Kier alpha value is -1.38. The van der Waals surface area contributed by atoms with Gasteiger partial charge in [0.2, 0.25) is 5.88 Å². The van der Waals surface area contributed by atoms with E-state index in [1.54, 1.807) is 18.3 Å². The molecule has 0 aromatic carbocycles. The van der Waals surface area contributed by atoms with Crippen LogP contribution in [0.1, 0.15) is 6.92 Å². The first kappa shape index (κ1) is 7.72. The molecule has 1 atom stereocenters. The lowest BCUT2D eigenvalue weighted by molar-refractivity contribution is 0.259. The minimum absolute atomic E-state index is 0.00935. The Morgan fingerprint density at radius 2 is 2.55 bits per heavy atom. The van der Waals surface area contributed by atoms with Gasteiger partial charge in [0.25, 0.3) is 0 Å². The highest BCUT2D eigenvalue weighted by molar-refractivity contribution is 5.05. The van der Waals surface area contributed by atoms with Crippen molar-refractivity contribution in [1.82, 2.24) is 9.97 Å². The van der Waals surface area contributed by atoms with Crippen LogP contribution in [0.3, 0.4) is 0 Å². The minimum atomic E-state index is -0.00935. The van der Waals surface area contributed by atoms with Crippen molar-refractivity contribution in [2.24, 2.45) is 0 Å². The zero-order chi connectivity index (χ0) is 8.10. The molecule has 0 saturated heterocycles. The first-order chi connectivity index (χ1) is 5.33. The van der Waals surface area contributed by atoms with Crippen LogP contribution in [0.4, 0.5) is 0 Å². The summed E-state index contributed by atoms with van der Waals surface area (Å²) in [6.45, 7) is 5.49. The second kappa shape index (κ2) is 3.71. The molecule has 0 saturated carbocycles. The smallest absolute Gasteiger partial charge is 0.216 e. The molecular weight excluding hydrogens is 140 g/mol. The van der Waals surface area contributed by atoms with Crippen LogP contribution in [-0.4, -0.2) is 16.1 Å². The van der Waals surface area contributed by atoms with Crippen molar-refractivity contribution in [3.05, 3.63) is 31.2 Å². The van der Waals surface area contributed by atoms with Crippen molar-refractivity contribution in [1.29, 1.82) is 0 Å². The van der Waals surface area contributed by atoms with Gasteiger partial charge in [-0.1, -0.05) is 12.7 Å². The molecule has 1 heterocycles. The van der Waals surface area contributed by atoms with Crippen LogP contribution < -0.4 is 4.74 Å². The Morgan fingerprint density at radius 3 is 3.09 bits per heavy atom. The zero-order valence-electron chi connectivity index (χ0n) is 6.40. The highest BCUT2D eigenvalue weighted by Crippen LogP contribution is 2.04. The van der Waals surface area contributed by atoms with E-state index < -0.39 is 0 Å². The van der Waals surface area contributed by atoms with Crippen LogP contribution in [0, 0.1) is 0 Å². The quantitative estimate of drug-likeness (QED) is 0.611. The topological polar surface area (TPSA) is 35.0 Å². The summed E-state index contributed by atoms with van der Waals surface area (Å²) in [7, 11) is 0. The third-order valence-electron chi connectivity index (χ3n) is 1.19. The fraction of sp³-hybridized carbons (Fsp3) is 0.250. The molecular formula is C8H10N2O. The summed E-state index contributed by atoms with van der Waals surface area (Å²) in [5.41, 5.74) is 0. The van der Waals surface area contributed by atoms with Gasteiger partial charge < -0.3 is 4.74 Å². The monoisotopic (exact) mass is 150 g/mol. The molecule has 1 aromatic rings. The van der Waals surface area contributed by atoms with Crippen molar-refractivity contribution >= 4 is 0 Å². The molecule has 3 heteroatoms. The average Bonchev–Trinajstić information content (AvgIpc) is 2.06. The molecule has 0 N–H and O–H groups in total. The lowest BCUT2D eigenvalue weighted by Crippen LogP contribution is -2.08. The second-order valence-electron chi connectivity index (χ2n) is 2.11. The van der Waals surface area contributed by atoms with Crippen molar-refractivity contribution in [3.8, 4) is 5.88 Å². The summed E-state index contributed by atoms with van der Waals surface area (Å²) in [6.07, 6.45) is 4.79. The van der Waals surface area contributed by atoms with E-state index in [2.05, 4.69) is 16.5 Å². The summed E-state index contributed by atoms with van der Waals surface area (Å²) in [5, 5.41) is 0. The van der Waals surface area contributed by atoms with Gasteiger partial charge in [-0.05, 0) is 6.92 Å². The number of hydrogen-bond acceptors (Lipinski definition) is 3. The first-order valence-electron chi connectivity index (χ1n) is 3.38. The summed E-state index contributed by atoms with van der Waals surface area (Å²) >= 11 is 0. The van der Waals surface area contributed by atoms with Crippen molar-refractivity contribution in [2.75, 3.05) is 0 Å². The van der Waals surface area contributed by atoms with Crippen molar-refractivity contribution in [2.45, 2.75) is 13.0 Å². The maximum absolute atomic E-state index is 5.29. The van der Waals surface area contributed by atoms with Crippen LogP contribution in [0.15, 0.2) is 31.2 Å². The molecule has 11 heavy (non-hydrogen) atoms. The Kier molecular flexibility index (Phi) is 2.60. The van der Waals surface area contributed by atoms with Gasteiger partial charge in [-0.2, -0.15) is 0 Å². The molecule has 1 aromatic heterocycles. The standard InChI is InChI=1S/C8H10N2O/c1-3-7(2)11-8-4-5-9-6-10-8/h3-7H,1H2,2H3. The summed E-state index contributed by atoms with van der Waals surface area (Å²) < 4.78 is 5.29. The minimum Gasteiger partial charge on any atom is -0.470 e. The van der Waals surface area contributed by atoms with E-state index in [0.29, 0.717) is 5.88 Å². The van der Waals surface area contributed by atoms with Gasteiger partial charge >= 0.3 is 0 Å². The van der Waals surface area contributed by atoms with Crippen LogP contribution in [0.5, 0.6) is 5.88 Å². The summed E-state index contributed by atoms with van der Waals surface area (Å²) in [5.74, 6) is 0.576. The van der Waals surface area contributed by atoms with E-state index in [9.17, 15) is 0 Å². The Labute approximate surface area is 65.8 Å². The lowest BCUT2D eigenvalue weighted by Gasteiger charge is -2.07. The van der Waals surface area contributed by atoms with E-state index in [1.165, 1.54) is 6.33 Å². The first-order valence-corrected chi connectivity index (χ1v) is 3.38. The van der Waals surface area contributed by atoms with Gasteiger partial charge in [0.15, 0.2) is 0 Å². The maximum atomic E-state index is 5.29. The Morgan fingerprint density at radius 1 is 1.73 bits per heavy atom. The molecule has 0 bridgehead atoms. The summed E-state index contributed by atoms with van der Waals surface area (Å²) in [6, 6.07) is 1.71. The number of aromatic nitrogens is 2. The maximum Gasteiger partial charge on any atom is 0.216 e. The van der Waals surface area contributed by atoms with Crippen molar-refractivity contribution in [3.63, 3.8) is 0 Å². The largest absolute Gasteiger partial charge is 0.470 e. The van der Waals surface area contributed by atoms with Crippen LogP contribution in [0.25, 0.3) is 0 Å². The Bertz CT molecular complexity index is 223. The molecule has 1 unspecified atom stereocenters. The predicted molar refractivity (Wildman–Crippen MR) is 42.3 cm³/mol. The van der Waals surface area contributed by atoms with Crippen LogP contribution in [-0.2, 0) is 0 Å². The molecule has 0 amide bonds. The molecule has 58 valence electrons. The van der Waals surface area contributed by atoms with Crippen LogP contribution >= 0.6 is 0 Å². The molecule has 0 radical (unpaired) electrons. The van der Waals surface area contributed by atoms with Gasteiger partial charge in [0.1, 0.15) is 12.4 Å². The molecule has 0 aliphatic carbocycles. The zero-order valence-corrected chi connectivity index (χ0v) is 6.40. The fourth-order valence-corrected chi connectivity index (χ4v) is 0.587. The molecule has 1 rings (SSSR count). The van der Waals surface area contributed by atoms with E-state index >= 15 is 0 Å². The number of nitrogens with zero attached hydrogens (tertiary/aromatic N) is 2. The van der Waals surface area contributed by atoms with Gasteiger partial charge in [0, 0.05) is 12.3 Å². The fourth-order valence-electron chi connectivity index (χ4n) is 0.587. The third kappa shape index (κ3) is 2.37. The number of ether oxygens (including phenoxy) is 1. The summed E-state index contributed by atoms with van der Waals surface area (Å²) in [4.78, 5) is 7.65. The van der Waals surface area contributed by atoms with Gasteiger partial charge in [-0.25, -0.2) is 9.97 Å². The molecule has 0 aliphatic rings. The molecule has 0 spiro atoms. The van der Waals surface area contributed by atoms with Gasteiger partial charge in [0.05, 0.1) is 0 Å². The van der Waals surface area contributed by atoms with Gasteiger partial charge in [-0.3, -0.25) is 0 Å². The average molecular weight is 150 g/mol. The molecule has 3 nitrogen and oxygen atoms in total. The third-order valence-corrected chi connectivity index (χ3v) is 1.19. The van der Waals surface area contributed by atoms with E-state index in [0.717, 1.165) is 0 Å². The second-order valence-corrected chi connectivity index (χ2v) is 2.11. The van der Waals surface area contributed by atoms with Gasteiger partial charge in [-0.15, -0.1) is 0 Å². The predicted octanol–water partition coefficient (Wildman–Crippen LogP) is 1.43. The highest BCUT2D eigenvalue weighted by atomic mass is 16.5. The van der Waals surface area contributed by atoms with E-state index in [1.807, 2.05) is 6.92 Å². The SMILES string of the molecule is C=CC(C)Oc1ccncn1. The molecule has 0 fully saturated rings. The van der Waals surface area contributed by atoms with E-state index in [-0.39, 0.29) is 6.10 Å². The van der Waals surface area contributed by atoms with E-state index in [4.69, 9.17) is 4.74 Å². The number of rotatable bonds is 3. The highest BCUT2D eigenvalue weighted by Gasteiger charge is 1.97. The molecule has 0 aliphatic heterocycles. The van der Waals surface area contributed by atoms with Crippen molar-refractivity contribution < 1.29 is 4.74 Å². The number of hydrogen-bond donors (Lipinski definition) is 0. The normalized spacial score (nSPS) is 12.1. The lowest BCUT2D eigenvalue weighted by atomic mass is 10.4.